The predicted molar refractivity (Wildman–Crippen MR) is 51.2 cm³/mol. The van der Waals surface area contributed by atoms with E-state index in [9.17, 15) is 0 Å². The van der Waals surface area contributed by atoms with Crippen LogP contribution in [0.5, 0.6) is 0 Å². The lowest BCUT2D eigenvalue weighted by Gasteiger charge is -2.36. The van der Waals surface area contributed by atoms with Crippen LogP contribution in [0.1, 0.15) is 26.2 Å². The number of hydrogen-bond donors (Lipinski definition) is 1. The average Bonchev–Trinajstić information content (AvgIpc) is 2.79. The summed E-state index contributed by atoms with van der Waals surface area (Å²) in [6, 6.07) is 1.50. The number of hydrogen-bond acceptors (Lipinski definition) is 2. The zero-order valence-corrected chi connectivity index (χ0v) is 8.21. The zero-order chi connectivity index (χ0) is 8.55. The Kier molecular flexibility index (Phi) is 2.37. The van der Waals surface area contributed by atoms with Crippen molar-refractivity contribution in [2.45, 2.75) is 38.3 Å². The van der Waals surface area contributed by atoms with Crippen LogP contribution in [0.25, 0.3) is 0 Å². The van der Waals surface area contributed by atoms with Crippen molar-refractivity contribution < 1.29 is 0 Å². The first-order valence-electron chi connectivity index (χ1n) is 5.19. The van der Waals surface area contributed by atoms with E-state index in [4.69, 9.17) is 0 Å². The van der Waals surface area contributed by atoms with Crippen LogP contribution in [-0.4, -0.2) is 37.1 Å². The van der Waals surface area contributed by atoms with E-state index in [-0.39, 0.29) is 0 Å². The Balaban J connectivity index is 1.80. The van der Waals surface area contributed by atoms with Crippen LogP contribution in [0.4, 0.5) is 0 Å². The highest BCUT2D eigenvalue weighted by atomic mass is 15.2. The van der Waals surface area contributed by atoms with Gasteiger partial charge in [-0.25, -0.2) is 0 Å². The fourth-order valence-corrected chi connectivity index (χ4v) is 2.14. The Labute approximate surface area is 75.3 Å². The van der Waals surface area contributed by atoms with E-state index >= 15 is 0 Å². The van der Waals surface area contributed by atoms with Gasteiger partial charge in [-0.3, -0.25) is 0 Å². The maximum atomic E-state index is 3.55. The minimum absolute atomic E-state index is 0.686. The fourth-order valence-electron chi connectivity index (χ4n) is 2.14. The smallest absolute Gasteiger partial charge is 0.0220 e. The minimum Gasteiger partial charge on any atom is -0.311 e. The van der Waals surface area contributed by atoms with Crippen LogP contribution in [0.3, 0.4) is 0 Å². The van der Waals surface area contributed by atoms with Crippen molar-refractivity contribution >= 4 is 0 Å². The molecule has 2 fully saturated rings. The monoisotopic (exact) mass is 168 g/mol. The van der Waals surface area contributed by atoms with Crippen molar-refractivity contribution in [2.75, 3.05) is 20.1 Å². The molecular formula is C10H20N2. The van der Waals surface area contributed by atoms with Gasteiger partial charge < -0.3 is 10.2 Å². The van der Waals surface area contributed by atoms with Crippen molar-refractivity contribution in [1.29, 1.82) is 0 Å². The molecular weight excluding hydrogens is 148 g/mol. The lowest BCUT2D eigenvalue weighted by Crippen LogP contribution is -2.53. The Morgan fingerprint density at radius 1 is 1.42 bits per heavy atom. The molecule has 2 atom stereocenters. The lowest BCUT2D eigenvalue weighted by atomic mass is 10.1. The highest BCUT2D eigenvalue weighted by Gasteiger charge is 2.29. The van der Waals surface area contributed by atoms with Gasteiger partial charge >= 0.3 is 0 Å². The fraction of sp³-hybridized carbons (Fsp3) is 1.00. The molecule has 0 aromatic carbocycles. The van der Waals surface area contributed by atoms with E-state index in [1.165, 1.54) is 32.4 Å². The van der Waals surface area contributed by atoms with Gasteiger partial charge in [-0.1, -0.05) is 12.8 Å². The number of nitrogens with zero attached hydrogens (tertiary/aromatic N) is 1. The Hall–Kier alpha value is -0.0800. The zero-order valence-electron chi connectivity index (χ0n) is 8.21. The van der Waals surface area contributed by atoms with E-state index < -0.39 is 0 Å². The molecule has 1 N–H and O–H groups in total. The molecule has 1 heterocycles. The number of nitrogens with one attached hydrogen (secondary N) is 1. The highest BCUT2D eigenvalue weighted by molar-refractivity contribution is 4.87. The summed E-state index contributed by atoms with van der Waals surface area (Å²) >= 11 is 0. The molecule has 1 saturated heterocycles. The summed E-state index contributed by atoms with van der Waals surface area (Å²) < 4.78 is 0. The van der Waals surface area contributed by atoms with Crippen molar-refractivity contribution in [1.82, 2.24) is 10.2 Å². The molecule has 1 aliphatic heterocycles. The Morgan fingerprint density at radius 2 is 2.17 bits per heavy atom. The van der Waals surface area contributed by atoms with Gasteiger partial charge in [0.1, 0.15) is 0 Å². The summed E-state index contributed by atoms with van der Waals surface area (Å²) in [6.07, 6.45) is 4.40. The molecule has 0 radical (unpaired) electrons. The van der Waals surface area contributed by atoms with Crippen LogP contribution in [0.15, 0.2) is 0 Å². The molecule has 12 heavy (non-hydrogen) atoms. The van der Waals surface area contributed by atoms with E-state index in [2.05, 4.69) is 24.2 Å². The predicted octanol–water partition coefficient (Wildman–Crippen LogP) is 1.08. The topological polar surface area (TPSA) is 15.3 Å². The van der Waals surface area contributed by atoms with Gasteiger partial charge in [0.2, 0.25) is 0 Å². The second-order valence-corrected chi connectivity index (χ2v) is 4.58. The first kappa shape index (κ1) is 8.52. The first-order valence-corrected chi connectivity index (χ1v) is 5.19. The van der Waals surface area contributed by atoms with E-state index in [0.717, 1.165) is 12.0 Å². The normalized spacial score (nSPS) is 38.5. The SMILES string of the molecule is CC1CN(C)C(CC2CC2)CN1. The molecule has 0 amide bonds. The third-order valence-corrected chi connectivity index (χ3v) is 3.19. The molecule has 0 spiro atoms. The third-order valence-electron chi connectivity index (χ3n) is 3.19. The molecule has 0 aromatic rings. The Morgan fingerprint density at radius 3 is 2.75 bits per heavy atom. The number of likely N-dealkylation sites (N-methyl/N-ethyl adjacent to an activating group) is 1. The molecule has 2 nitrogen and oxygen atoms in total. The van der Waals surface area contributed by atoms with Crippen LogP contribution in [-0.2, 0) is 0 Å². The summed E-state index contributed by atoms with van der Waals surface area (Å²) in [5.41, 5.74) is 0. The molecule has 1 aliphatic carbocycles. The minimum atomic E-state index is 0.686. The van der Waals surface area contributed by atoms with E-state index in [0.29, 0.717) is 6.04 Å². The molecule has 2 unspecified atom stereocenters. The van der Waals surface area contributed by atoms with Crippen LogP contribution >= 0.6 is 0 Å². The second kappa shape index (κ2) is 3.35. The molecule has 2 rings (SSSR count). The second-order valence-electron chi connectivity index (χ2n) is 4.58. The molecule has 0 bridgehead atoms. The average molecular weight is 168 g/mol. The summed E-state index contributed by atoms with van der Waals surface area (Å²) in [6.45, 7) is 4.69. The van der Waals surface area contributed by atoms with Gasteiger partial charge in [0, 0.05) is 25.2 Å². The molecule has 70 valence electrons. The standard InChI is InChI=1S/C10H20N2/c1-8-7-12(2)10(6-11-8)5-9-3-4-9/h8-11H,3-7H2,1-2H3. The highest BCUT2D eigenvalue weighted by Crippen LogP contribution is 2.34. The molecule has 1 saturated carbocycles. The van der Waals surface area contributed by atoms with Crippen molar-refractivity contribution in [2.24, 2.45) is 5.92 Å². The number of piperazine rings is 1. The lowest BCUT2D eigenvalue weighted by molar-refractivity contribution is 0.156. The van der Waals surface area contributed by atoms with Crippen molar-refractivity contribution in [3.63, 3.8) is 0 Å². The summed E-state index contributed by atoms with van der Waals surface area (Å²) in [5, 5.41) is 3.55. The van der Waals surface area contributed by atoms with Gasteiger partial charge in [0.15, 0.2) is 0 Å². The molecule has 2 heteroatoms. The van der Waals surface area contributed by atoms with Crippen LogP contribution < -0.4 is 5.32 Å². The van der Waals surface area contributed by atoms with Crippen LogP contribution in [0.2, 0.25) is 0 Å². The van der Waals surface area contributed by atoms with Gasteiger partial charge in [-0.05, 0) is 26.3 Å². The van der Waals surface area contributed by atoms with Gasteiger partial charge in [-0.2, -0.15) is 0 Å². The summed E-state index contributed by atoms with van der Waals surface area (Å²) in [7, 11) is 2.27. The Bertz CT molecular complexity index is 154. The van der Waals surface area contributed by atoms with Gasteiger partial charge in [-0.15, -0.1) is 0 Å². The van der Waals surface area contributed by atoms with Crippen LogP contribution in [0, 0.1) is 5.92 Å². The maximum Gasteiger partial charge on any atom is 0.0220 e. The largest absolute Gasteiger partial charge is 0.311 e. The quantitative estimate of drug-likeness (QED) is 0.663. The van der Waals surface area contributed by atoms with Gasteiger partial charge in [0.25, 0.3) is 0 Å². The number of rotatable bonds is 2. The van der Waals surface area contributed by atoms with E-state index in [1.807, 2.05) is 0 Å². The first-order chi connectivity index (χ1) is 5.75. The molecule has 2 aliphatic rings. The van der Waals surface area contributed by atoms with Gasteiger partial charge in [0.05, 0.1) is 0 Å². The van der Waals surface area contributed by atoms with Crippen molar-refractivity contribution in [3.8, 4) is 0 Å². The van der Waals surface area contributed by atoms with E-state index in [1.54, 1.807) is 0 Å². The molecule has 0 aromatic heterocycles. The van der Waals surface area contributed by atoms with Crippen molar-refractivity contribution in [3.05, 3.63) is 0 Å². The third kappa shape index (κ3) is 1.99. The summed E-state index contributed by atoms with van der Waals surface area (Å²) in [4.78, 5) is 2.53. The maximum absolute atomic E-state index is 3.55. The summed E-state index contributed by atoms with van der Waals surface area (Å²) in [5.74, 6) is 1.06.